The molecule has 7 rings (SSSR count). The van der Waals surface area contributed by atoms with E-state index >= 15 is 0 Å². The molecule has 6 amide bonds. The van der Waals surface area contributed by atoms with Gasteiger partial charge in [0.05, 0.1) is 74.9 Å². The van der Waals surface area contributed by atoms with Crippen LogP contribution in [0.15, 0.2) is 77.7 Å². The maximum absolute atomic E-state index is 13.3. The van der Waals surface area contributed by atoms with E-state index in [0.717, 1.165) is 16.7 Å². The highest BCUT2D eigenvalue weighted by Gasteiger charge is 2.45. The van der Waals surface area contributed by atoms with Gasteiger partial charge in [-0.25, -0.2) is 14.6 Å². The monoisotopic (exact) mass is 974 g/mol. The summed E-state index contributed by atoms with van der Waals surface area (Å²) in [5, 5.41) is 14.5. The number of ether oxygens (including phenoxy) is 4. The van der Waals surface area contributed by atoms with Gasteiger partial charge in [-0.3, -0.25) is 39.0 Å². The molecule has 0 saturated carbocycles. The molecule has 1 unspecified atom stereocenters. The highest BCUT2D eigenvalue weighted by Crippen LogP contribution is 2.31. The van der Waals surface area contributed by atoms with Crippen LogP contribution in [-0.4, -0.2) is 138 Å². The number of nitrogens with zero attached hydrogens (tertiary/aromatic N) is 5. The minimum atomic E-state index is -4.45. The van der Waals surface area contributed by atoms with Crippen molar-refractivity contribution in [2.75, 3.05) is 76.6 Å². The molecule has 0 radical (unpaired) electrons. The van der Waals surface area contributed by atoms with Crippen molar-refractivity contribution in [2.45, 2.75) is 44.4 Å². The van der Waals surface area contributed by atoms with E-state index in [-0.39, 0.29) is 52.8 Å². The number of piperidine rings is 1. The summed E-state index contributed by atoms with van der Waals surface area (Å²) in [7, 11) is 0. The molecule has 1 saturated heterocycles. The second-order valence-corrected chi connectivity index (χ2v) is 15.8. The number of amides is 6. The zero-order valence-corrected chi connectivity index (χ0v) is 37.6. The van der Waals surface area contributed by atoms with Crippen molar-refractivity contribution in [3.8, 4) is 17.1 Å². The van der Waals surface area contributed by atoms with Gasteiger partial charge in [0.15, 0.2) is 11.4 Å². The average molecular weight is 975 g/mol. The summed E-state index contributed by atoms with van der Waals surface area (Å²) in [6.07, 6.45) is 0.542. The third kappa shape index (κ3) is 13.4. The number of primary amides is 1. The van der Waals surface area contributed by atoms with E-state index in [2.05, 4.69) is 36.3 Å². The van der Waals surface area contributed by atoms with Gasteiger partial charge in [-0.2, -0.15) is 18.3 Å². The molecule has 6 N–H and O–H groups in total. The summed E-state index contributed by atoms with van der Waals surface area (Å²) in [4.78, 5) is 84.4. The number of pyridine rings is 1. The number of alkyl halides is 3. The van der Waals surface area contributed by atoms with Gasteiger partial charge in [-0.15, -0.1) is 0 Å². The molecule has 1 fully saturated rings. The van der Waals surface area contributed by atoms with Crippen molar-refractivity contribution >= 4 is 46.9 Å². The highest BCUT2D eigenvalue weighted by atomic mass is 19.4. The van der Waals surface area contributed by atoms with E-state index in [1.165, 1.54) is 29.2 Å². The molecular weight excluding hydrogens is 926 g/mol. The van der Waals surface area contributed by atoms with Gasteiger partial charge in [0, 0.05) is 37.9 Å². The summed E-state index contributed by atoms with van der Waals surface area (Å²) < 4.78 is 67.0. The number of oxazole rings is 1. The topological polar surface area (TPSA) is 273 Å². The Morgan fingerprint density at radius 2 is 1.61 bits per heavy atom. The second-order valence-electron chi connectivity index (χ2n) is 15.8. The molecule has 0 spiro atoms. The number of fused-ring (bicyclic) bond motifs is 1. The van der Waals surface area contributed by atoms with Crippen LogP contribution >= 0.6 is 0 Å². The third-order valence-corrected chi connectivity index (χ3v) is 10.8. The van der Waals surface area contributed by atoms with Crippen molar-refractivity contribution in [1.29, 1.82) is 0 Å². The molecule has 0 bridgehead atoms. The van der Waals surface area contributed by atoms with E-state index in [9.17, 15) is 41.9 Å². The smallest absolute Gasteiger partial charge is 0.405 e. The van der Waals surface area contributed by atoms with Crippen LogP contribution in [-0.2, 0) is 41.5 Å². The first-order chi connectivity index (χ1) is 33.8. The van der Waals surface area contributed by atoms with Crippen LogP contribution in [0.5, 0.6) is 0 Å². The molecule has 24 heteroatoms. The molecule has 2 aliphatic rings. The maximum Gasteiger partial charge on any atom is 0.405 e. The zero-order chi connectivity index (χ0) is 49.6. The number of anilines is 2. The van der Waals surface area contributed by atoms with Crippen LogP contribution in [0, 0.1) is 0 Å². The Bertz CT molecular complexity index is 2670. The molecular formula is C46H49F3N10O11. The Morgan fingerprint density at radius 3 is 2.31 bits per heavy atom. The van der Waals surface area contributed by atoms with E-state index in [0.29, 0.717) is 95.6 Å². The molecule has 5 aromatic rings. The van der Waals surface area contributed by atoms with Crippen molar-refractivity contribution in [1.82, 2.24) is 35.3 Å². The molecule has 2 aliphatic heterocycles. The lowest BCUT2D eigenvalue weighted by Gasteiger charge is -2.27. The number of aryl methyl sites for hydroxylation is 1. The molecule has 0 aliphatic carbocycles. The number of imide groups is 2. The Balaban J connectivity index is 0.719. The van der Waals surface area contributed by atoms with Crippen molar-refractivity contribution in [2.24, 2.45) is 5.73 Å². The molecule has 3 aromatic heterocycles. The normalized spacial score (nSPS) is 14.8. The fraction of sp³-hybridized carbons (Fsp3) is 0.370. The second kappa shape index (κ2) is 23.8. The van der Waals surface area contributed by atoms with Crippen LogP contribution in [0.25, 0.3) is 17.1 Å². The van der Waals surface area contributed by atoms with Crippen LogP contribution in [0.2, 0.25) is 0 Å². The highest BCUT2D eigenvalue weighted by molar-refractivity contribution is 6.24. The van der Waals surface area contributed by atoms with Crippen LogP contribution in [0.3, 0.4) is 0 Å². The molecule has 70 heavy (non-hydrogen) atoms. The maximum atomic E-state index is 13.3. The number of hydrogen-bond donors (Lipinski definition) is 5. The quantitative estimate of drug-likeness (QED) is 0.0392. The number of aromatic nitrogens is 4. The lowest BCUT2D eigenvalue weighted by molar-refractivity contribution is -0.136. The Morgan fingerprint density at radius 1 is 0.900 bits per heavy atom. The predicted octanol–water partition coefficient (Wildman–Crippen LogP) is 3.44. The van der Waals surface area contributed by atoms with E-state index < -0.39 is 54.2 Å². The zero-order valence-electron chi connectivity index (χ0n) is 37.6. The number of carbonyl (C=O) groups is 6. The number of rotatable bonds is 26. The number of nitrogens with one attached hydrogen (secondary N) is 4. The van der Waals surface area contributed by atoms with Crippen LogP contribution in [0.1, 0.15) is 72.1 Å². The van der Waals surface area contributed by atoms with Gasteiger partial charge in [0.25, 0.3) is 23.6 Å². The van der Waals surface area contributed by atoms with Crippen molar-refractivity contribution in [3.05, 3.63) is 107 Å². The number of halogens is 3. The minimum absolute atomic E-state index is 0.0142. The summed E-state index contributed by atoms with van der Waals surface area (Å²) >= 11 is 0. The molecule has 1 atom stereocenters. The molecule has 5 heterocycles. The van der Waals surface area contributed by atoms with Gasteiger partial charge < -0.3 is 45.0 Å². The van der Waals surface area contributed by atoms with Gasteiger partial charge in [0.2, 0.25) is 17.7 Å². The molecule has 370 valence electrons. The first-order valence-corrected chi connectivity index (χ1v) is 22.1. The lowest BCUT2D eigenvalue weighted by Crippen LogP contribution is -2.54. The summed E-state index contributed by atoms with van der Waals surface area (Å²) in [5.74, 6) is -3.89. The molecule has 2 aromatic carbocycles. The lowest BCUT2D eigenvalue weighted by atomic mass is 9.99. The van der Waals surface area contributed by atoms with Gasteiger partial charge >= 0.3 is 6.18 Å². The Kier molecular flexibility index (Phi) is 17.1. The number of nitrogens with two attached hydrogens (primary N) is 1. The van der Waals surface area contributed by atoms with Gasteiger partial charge in [0.1, 0.15) is 24.7 Å². The number of carbonyl (C=O) groups excluding carboxylic acids is 6. The fourth-order valence-electron chi connectivity index (χ4n) is 7.39. The third-order valence-electron chi connectivity index (χ3n) is 10.8. The number of benzene rings is 2. The summed E-state index contributed by atoms with van der Waals surface area (Å²) in [5.41, 5.74) is 8.23. The van der Waals surface area contributed by atoms with E-state index in [4.69, 9.17) is 29.1 Å². The van der Waals surface area contributed by atoms with Gasteiger partial charge in [-0.05, 0) is 60.7 Å². The van der Waals surface area contributed by atoms with E-state index in [1.807, 2.05) is 12.1 Å². The Hall–Kier alpha value is -7.38. The largest absolute Gasteiger partial charge is 0.444 e. The summed E-state index contributed by atoms with van der Waals surface area (Å²) in [6, 6.07) is 14.1. The SMILES string of the molecule is NC(=O)c1nn(-c2ccc(CNCCOCCOCCOCCOCCCc3cccc4c3C(=O)N(C3CCC(=O)NC3=O)C4=O)cc2)cc1NC(=O)c1coc(-c2ccnc(NCC(F)(F)F)c2)n1. The van der Waals surface area contributed by atoms with Crippen molar-refractivity contribution < 1.29 is 65.3 Å². The standard InChI is InChI=1S/C46H49F3N10O11/c47-46(48,49)27-53-36-23-30(12-13-52-36)43-55-34(26-70-43)41(62)54-33-25-58(57-39(33)40(50)61)31-8-6-28(7-9-31)24-51-14-16-67-18-20-69-22-21-68-19-17-66-15-2-4-29-3-1-5-32-38(29)45(65)59(44(32)64)35-10-11-37(60)56-42(35)63/h1,3,5-9,12-13,23,25-26,35,51H,2,4,10-11,14-22,24,27H2,(H2,50,61)(H,52,53)(H,54,62)(H,56,60,63). The Labute approximate surface area is 397 Å². The first kappa shape index (κ1) is 50.5. The summed E-state index contributed by atoms with van der Waals surface area (Å²) in [6.45, 7) is 3.01. The van der Waals surface area contributed by atoms with Crippen LogP contribution in [0.4, 0.5) is 24.7 Å². The number of hydrogen-bond acceptors (Lipinski definition) is 16. The van der Waals surface area contributed by atoms with E-state index in [1.54, 1.807) is 30.3 Å². The fourth-order valence-corrected chi connectivity index (χ4v) is 7.39. The molecule has 21 nitrogen and oxygen atoms in total. The predicted molar refractivity (Wildman–Crippen MR) is 241 cm³/mol. The van der Waals surface area contributed by atoms with Crippen LogP contribution < -0.4 is 27.0 Å². The van der Waals surface area contributed by atoms with Crippen molar-refractivity contribution in [3.63, 3.8) is 0 Å². The van der Waals surface area contributed by atoms with Gasteiger partial charge in [-0.1, -0.05) is 24.3 Å². The first-order valence-electron chi connectivity index (χ1n) is 22.1. The minimum Gasteiger partial charge on any atom is -0.444 e. The average Bonchev–Trinajstić information content (AvgIpc) is 4.07.